The minimum atomic E-state index is -4.07. The van der Waals surface area contributed by atoms with Gasteiger partial charge in [0.1, 0.15) is 28.8 Å². The fourth-order valence-electron chi connectivity index (χ4n) is 5.59. The third kappa shape index (κ3) is 5.94. The Morgan fingerprint density at radius 2 is 1.93 bits per heavy atom. The Hall–Kier alpha value is -2.43. The summed E-state index contributed by atoms with van der Waals surface area (Å²) in [6.07, 6.45) is 3.04. The molecule has 2 aromatic carbocycles. The predicted octanol–water partition coefficient (Wildman–Crippen LogP) is 5.01. The van der Waals surface area contributed by atoms with Gasteiger partial charge in [-0.2, -0.15) is 4.31 Å². The first-order valence-corrected chi connectivity index (χ1v) is 15.8. The molecule has 8 nitrogen and oxygen atoms in total. The number of nitrogens with one attached hydrogen (secondary N) is 2. The lowest BCUT2D eigenvalue weighted by molar-refractivity contribution is -0.124. The monoisotopic (exact) mass is 604 g/mol. The van der Waals surface area contributed by atoms with E-state index in [1.807, 2.05) is 38.1 Å². The second kappa shape index (κ2) is 12.2. The zero-order valence-electron chi connectivity index (χ0n) is 22.7. The maximum Gasteiger partial charge on any atom is 0.245 e. The van der Waals surface area contributed by atoms with Gasteiger partial charge in [0.25, 0.3) is 0 Å². The van der Waals surface area contributed by atoms with Crippen LogP contribution in [-0.2, 0) is 21.4 Å². The molecule has 1 amide bonds. The highest BCUT2D eigenvalue weighted by Gasteiger charge is 2.40. The van der Waals surface area contributed by atoms with Crippen molar-refractivity contribution < 1.29 is 17.9 Å². The van der Waals surface area contributed by atoms with Gasteiger partial charge >= 0.3 is 0 Å². The fourth-order valence-corrected chi connectivity index (χ4v) is 8.11. The molecule has 3 heterocycles. The summed E-state index contributed by atoms with van der Waals surface area (Å²) >= 11 is 13.2. The van der Waals surface area contributed by atoms with E-state index in [4.69, 9.17) is 27.9 Å². The van der Waals surface area contributed by atoms with Gasteiger partial charge in [-0.3, -0.25) is 4.79 Å². The Morgan fingerprint density at radius 1 is 1.15 bits per heavy atom. The first-order chi connectivity index (χ1) is 19.2. The van der Waals surface area contributed by atoms with E-state index in [1.165, 1.54) is 16.4 Å². The van der Waals surface area contributed by atoms with Crippen molar-refractivity contribution in [3.8, 4) is 5.75 Å². The largest absolute Gasteiger partial charge is 0.487 e. The van der Waals surface area contributed by atoms with Crippen molar-refractivity contribution >= 4 is 50.0 Å². The molecule has 2 N–H and O–H groups in total. The molecule has 1 aromatic heterocycles. The van der Waals surface area contributed by atoms with Crippen molar-refractivity contribution in [2.75, 3.05) is 26.2 Å². The van der Waals surface area contributed by atoms with Crippen LogP contribution < -0.4 is 15.4 Å². The molecule has 214 valence electrons. The average molecular weight is 606 g/mol. The van der Waals surface area contributed by atoms with Crippen LogP contribution in [-0.4, -0.2) is 55.8 Å². The molecule has 0 radical (unpaired) electrons. The number of sulfonamides is 1. The molecule has 0 saturated carbocycles. The number of benzene rings is 2. The van der Waals surface area contributed by atoms with Gasteiger partial charge in [0.15, 0.2) is 0 Å². The normalized spacial score (nSPS) is 18.8. The van der Waals surface area contributed by atoms with E-state index in [2.05, 4.69) is 15.6 Å². The zero-order valence-corrected chi connectivity index (χ0v) is 25.0. The van der Waals surface area contributed by atoms with Crippen molar-refractivity contribution in [1.82, 2.24) is 19.9 Å². The number of amides is 1. The van der Waals surface area contributed by atoms with Crippen molar-refractivity contribution in [3.05, 3.63) is 63.3 Å². The van der Waals surface area contributed by atoms with E-state index < -0.39 is 16.1 Å². The summed E-state index contributed by atoms with van der Waals surface area (Å²) in [5.74, 6) is 0.687. The van der Waals surface area contributed by atoms with E-state index in [0.29, 0.717) is 47.2 Å². The molecule has 1 atom stereocenters. The Balaban J connectivity index is 1.36. The first-order valence-electron chi connectivity index (χ1n) is 13.6. The van der Waals surface area contributed by atoms with Gasteiger partial charge in [0.05, 0.1) is 5.02 Å². The number of hydrogen-bond acceptors (Lipinski definition) is 6. The SMILES string of the molecule is Cc1cc(C)c2cccc(OCc3c(Cl)ccc(S(=O)(=O)N4CCC[C@H]4C(=O)NCC4CCNCC4)c3Cl)c2n1. The van der Waals surface area contributed by atoms with E-state index >= 15 is 0 Å². The molecule has 2 aliphatic heterocycles. The van der Waals surface area contributed by atoms with E-state index in [1.54, 1.807) is 0 Å². The number of aryl methyl sites for hydroxylation is 2. The molecule has 40 heavy (non-hydrogen) atoms. The number of aromatic nitrogens is 1. The second-order valence-electron chi connectivity index (χ2n) is 10.6. The number of halogens is 2. The van der Waals surface area contributed by atoms with Crippen LogP contribution in [0.2, 0.25) is 10.0 Å². The number of fused-ring (bicyclic) bond motifs is 1. The number of hydrogen-bond donors (Lipinski definition) is 2. The number of pyridine rings is 1. The van der Waals surface area contributed by atoms with E-state index in [9.17, 15) is 13.2 Å². The molecule has 0 spiro atoms. The van der Waals surface area contributed by atoms with Gasteiger partial charge < -0.3 is 15.4 Å². The van der Waals surface area contributed by atoms with Crippen LogP contribution in [0.25, 0.3) is 10.9 Å². The standard InChI is InChI=1S/C29H34Cl2N4O4S/c1-18-15-19(2)34-28-21(18)5-3-7-25(28)39-17-22-23(30)8-9-26(27(22)31)40(37,38)35-14-4-6-24(35)29(36)33-16-20-10-12-32-13-11-20/h3,5,7-9,15,20,24,32H,4,6,10-14,16-17H2,1-2H3,(H,33,36)/t24-/m0/s1. The van der Waals surface area contributed by atoms with Crippen molar-refractivity contribution in [1.29, 1.82) is 0 Å². The lowest BCUT2D eigenvalue weighted by Gasteiger charge is -2.26. The van der Waals surface area contributed by atoms with E-state index in [-0.39, 0.29) is 29.0 Å². The number of carbonyl (C=O) groups excluding carboxylic acids is 1. The summed E-state index contributed by atoms with van der Waals surface area (Å²) < 4.78 is 35.0. The van der Waals surface area contributed by atoms with Gasteiger partial charge in [-0.15, -0.1) is 0 Å². The van der Waals surface area contributed by atoms with Crippen LogP contribution in [0.4, 0.5) is 0 Å². The zero-order chi connectivity index (χ0) is 28.4. The van der Waals surface area contributed by atoms with Crippen LogP contribution in [0.1, 0.15) is 42.5 Å². The smallest absolute Gasteiger partial charge is 0.245 e. The molecule has 2 fully saturated rings. The van der Waals surface area contributed by atoms with Crippen LogP contribution >= 0.6 is 23.2 Å². The third-order valence-corrected chi connectivity index (χ3v) is 10.6. The van der Waals surface area contributed by atoms with Gasteiger partial charge in [0.2, 0.25) is 15.9 Å². The molecule has 3 aromatic rings. The van der Waals surface area contributed by atoms with Crippen LogP contribution in [0.3, 0.4) is 0 Å². The molecule has 5 rings (SSSR count). The van der Waals surface area contributed by atoms with Gasteiger partial charge in [0, 0.05) is 34.8 Å². The number of rotatable bonds is 8. The van der Waals surface area contributed by atoms with Crippen LogP contribution in [0, 0.1) is 19.8 Å². The van der Waals surface area contributed by atoms with Gasteiger partial charge in [-0.25, -0.2) is 13.4 Å². The molecule has 0 unspecified atom stereocenters. The highest BCUT2D eigenvalue weighted by Crippen LogP contribution is 2.36. The lowest BCUT2D eigenvalue weighted by atomic mass is 9.98. The van der Waals surface area contributed by atoms with Crippen LogP contribution in [0.5, 0.6) is 5.75 Å². The number of carbonyl (C=O) groups is 1. The summed E-state index contributed by atoms with van der Waals surface area (Å²) in [6, 6.07) is 9.82. The Morgan fingerprint density at radius 3 is 2.70 bits per heavy atom. The fraction of sp³-hybridized carbons (Fsp3) is 0.448. The van der Waals surface area contributed by atoms with E-state index in [0.717, 1.165) is 42.6 Å². The topological polar surface area (TPSA) is 101 Å². The maximum atomic E-state index is 13.8. The maximum absolute atomic E-state index is 13.8. The average Bonchev–Trinajstić information content (AvgIpc) is 3.44. The van der Waals surface area contributed by atoms with Crippen molar-refractivity contribution in [2.24, 2.45) is 5.92 Å². The second-order valence-corrected chi connectivity index (χ2v) is 13.2. The summed E-state index contributed by atoms with van der Waals surface area (Å²) in [6.45, 7) is 6.56. The first kappa shape index (κ1) is 29.1. The quantitative estimate of drug-likeness (QED) is 0.375. The summed E-state index contributed by atoms with van der Waals surface area (Å²) in [4.78, 5) is 17.6. The van der Waals surface area contributed by atoms with Crippen LogP contribution in [0.15, 0.2) is 41.3 Å². The number of nitrogens with zero attached hydrogens (tertiary/aromatic N) is 2. The third-order valence-electron chi connectivity index (χ3n) is 7.78. The Bertz CT molecular complexity index is 1530. The van der Waals surface area contributed by atoms with Gasteiger partial charge in [-0.1, -0.05) is 35.3 Å². The molecular weight excluding hydrogens is 571 g/mol. The summed E-state index contributed by atoms with van der Waals surface area (Å²) in [5, 5.41) is 7.56. The summed E-state index contributed by atoms with van der Waals surface area (Å²) in [7, 11) is -4.07. The number of piperidine rings is 1. The van der Waals surface area contributed by atoms with Crippen molar-refractivity contribution in [3.63, 3.8) is 0 Å². The molecule has 0 bridgehead atoms. The lowest BCUT2D eigenvalue weighted by Crippen LogP contribution is -2.47. The summed E-state index contributed by atoms with van der Waals surface area (Å²) in [5.41, 5.74) is 3.02. The van der Waals surface area contributed by atoms with Crippen molar-refractivity contribution in [2.45, 2.75) is 57.1 Å². The minimum Gasteiger partial charge on any atom is -0.487 e. The molecular formula is C29H34Cl2N4O4S. The molecule has 0 aliphatic carbocycles. The predicted molar refractivity (Wildman–Crippen MR) is 158 cm³/mol. The Kier molecular flexibility index (Phi) is 8.87. The number of ether oxygens (including phenoxy) is 1. The number of para-hydroxylation sites is 1. The highest BCUT2D eigenvalue weighted by atomic mass is 35.5. The minimum absolute atomic E-state index is 0.00572. The van der Waals surface area contributed by atoms with Gasteiger partial charge in [-0.05, 0) is 88.4 Å². The molecule has 2 saturated heterocycles. The molecule has 2 aliphatic rings. The highest BCUT2D eigenvalue weighted by molar-refractivity contribution is 7.89. The molecule has 11 heteroatoms. The Labute approximate surface area is 245 Å².